The molecule has 0 radical (unpaired) electrons. The monoisotopic (exact) mass is 179 g/mol. The van der Waals surface area contributed by atoms with Gasteiger partial charge in [0.15, 0.2) is 6.29 Å². The Morgan fingerprint density at radius 1 is 1.23 bits per heavy atom. The first-order valence-electron chi connectivity index (χ1n) is 4.08. The Kier molecular flexibility index (Phi) is 2.66. The number of aryl methyl sites for hydroxylation is 2. The molecule has 0 aliphatic carbocycles. The fourth-order valence-corrected chi connectivity index (χ4v) is 1.33. The molecule has 0 N–H and O–H groups in total. The van der Waals surface area contributed by atoms with E-state index in [1.165, 1.54) is 0 Å². The first-order chi connectivity index (χ1) is 6.11. The first-order valence-corrected chi connectivity index (χ1v) is 4.08. The van der Waals surface area contributed by atoms with E-state index in [1.54, 1.807) is 14.0 Å². The van der Waals surface area contributed by atoms with E-state index in [1.807, 2.05) is 13.8 Å². The Bertz CT molecular complexity index is 345. The molecule has 0 bridgehead atoms. The maximum Gasteiger partial charge on any atom is 0.155 e. The van der Waals surface area contributed by atoms with Crippen molar-refractivity contribution in [2.45, 2.75) is 20.8 Å². The summed E-state index contributed by atoms with van der Waals surface area (Å²) in [7, 11) is 1.56. The van der Waals surface area contributed by atoms with E-state index in [4.69, 9.17) is 4.74 Å². The van der Waals surface area contributed by atoms with E-state index in [0.717, 1.165) is 23.2 Å². The molecule has 1 rings (SSSR count). The van der Waals surface area contributed by atoms with Crippen molar-refractivity contribution in [3.05, 3.63) is 22.5 Å². The van der Waals surface area contributed by atoms with Crippen LogP contribution in [0.3, 0.4) is 0 Å². The molecular weight excluding hydrogens is 166 g/mol. The van der Waals surface area contributed by atoms with Crippen LogP contribution in [0.5, 0.6) is 5.75 Å². The van der Waals surface area contributed by atoms with Gasteiger partial charge in [-0.05, 0) is 20.8 Å². The van der Waals surface area contributed by atoms with E-state index in [9.17, 15) is 4.79 Å². The highest BCUT2D eigenvalue weighted by molar-refractivity contribution is 5.81. The lowest BCUT2D eigenvalue weighted by atomic mass is 10.1. The minimum Gasteiger partial charge on any atom is -0.496 e. The number of aldehydes is 1. The van der Waals surface area contributed by atoms with Gasteiger partial charge in [0.1, 0.15) is 5.75 Å². The van der Waals surface area contributed by atoms with Crippen LogP contribution >= 0.6 is 0 Å². The zero-order valence-electron chi connectivity index (χ0n) is 8.34. The van der Waals surface area contributed by atoms with Crippen LogP contribution in [0.1, 0.15) is 27.3 Å². The lowest BCUT2D eigenvalue weighted by Gasteiger charge is -2.11. The summed E-state index contributed by atoms with van der Waals surface area (Å²) < 4.78 is 5.16. The number of ether oxygens (including phenoxy) is 1. The van der Waals surface area contributed by atoms with E-state index >= 15 is 0 Å². The molecule has 0 unspecified atom stereocenters. The number of hydrogen-bond donors (Lipinski definition) is 0. The molecule has 0 atom stereocenters. The normalized spacial score (nSPS) is 9.85. The van der Waals surface area contributed by atoms with Crippen molar-refractivity contribution in [2.24, 2.45) is 0 Å². The number of rotatable bonds is 2. The smallest absolute Gasteiger partial charge is 0.155 e. The van der Waals surface area contributed by atoms with E-state index in [-0.39, 0.29) is 0 Å². The molecule has 0 aromatic carbocycles. The third-order valence-corrected chi connectivity index (χ3v) is 2.18. The Hall–Kier alpha value is -1.38. The van der Waals surface area contributed by atoms with Crippen LogP contribution in [0.2, 0.25) is 0 Å². The van der Waals surface area contributed by atoms with Gasteiger partial charge in [-0.3, -0.25) is 9.78 Å². The van der Waals surface area contributed by atoms with Crippen LogP contribution in [0.4, 0.5) is 0 Å². The van der Waals surface area contributed by atoms with E-state index < -0.39 is 0 Å². The van der Waals surface area contributed by atoms with Crippen molar-refractivity contribution < 1.29 is 9.53 Å². The summed E-state index contributed by atoms with van der Waals surface area (Å²) >= 11 is 0. The molecule has 0 fully saturated rings. The number of nitrogens with zero attached hydrogens (tertiary/aromatic N) is 1. The Morgan fingerprint density at radius 2 is 1.85 bits per heavy atom. The zero-order chi connectivity index (χ0) is 10.0. The van der Waals surface area contributed by atoms with Gasteiger partial charge in [0.25, 0.3) is 0 Å². The maximum absolute atomic E-state index is 10.8. The molecular formula is C10H13NO2. The molecule has 3 heteroatoms. The summed E-state index contributed by atoms with van der Waals surface area (Å²) in [6.45, 7) is 5.60. The topological polar surface area (TPSA) is 39.2 Å². The van der Waals surface area contributed by atoms with Crippen LogP contribution in [0.15, 0.2) is 0 Å². The summed E-state index contributed by atoms with van der Waals surface area (Å²) in [4.78, 5) is 15.0. The average Bonchev–Trinajstić information content (AvgIpc) is 2.10. The van der Waals surface area contributed by atoms with Crippen molar-refractivity contribution in [3.63, 3.8) is 0 Å². The van der Waals surface area contributed by atoms with Gasteiger partial charge in [-0.15, -0.1) is 0 Å². The van der Waals surface area contributed by atoms with Crippen molar-refractivity contribution in [2.75, 3.05) is 7.11 Å². The number of hydrogen-bond acceptors (Lipinski definition) is 3. The zero-order valence-corrected chi connectivity index (χ0v) is 8.34. The second kappa shape index (κ2) is 3.56. The summed E-state index contributed by atoms with van der Waals surface area (Å²) in [5, 5.41) is 0. The molecule has 0 spiro atoms. The average molecular weight is 179 g/mol. The highest BCUT2D eigenvalue weighted by Gasteiger charge is 2.12. The number of carbonyl (C=O) groups excluding carboxylic acids is 1. The third kappa shape index (κ3) is 1.54. The number of carbonyl (C=O) groups is 1. The highest BCUT2D eigenvalue weighted by Crippen LogP contribution is 2.25. The largest absolute Gasteiger partial charge is 0.496 e. The van der Waals surface area contributed by atoms with Crippen LogP contribution in [0, 0.1) is 20.8 Å². The Balaban J connectivity index is 3.50. The van der Waals surface area contributed by atoms with Crippen molar-refractivity contribution in [3.8, 4) is 5.75 Å². The summed E-state index contributed by atoms with van der Waals surface area (Å²) in [5.41, 5.74) is 3.09. The van der Waals surface area contributed by atoms with Crippen LogP contribution in [-0.4, -0.2) is 18.4 Å². The second-order valence-corrected chi connectivity index (χ2v) is 2.97. The van der Waals surface area contributed by atoms with E-state index in [2.05, 4.69) is 4.98 Å². The predicted molar refractivity (Wildman–Crippen MR) is 50.4 cm³/mol. The SMILES string of the molecule is COc1c(C)c(C)nc(C)c1C=O. The fourth-order valence-electron chi connectivity index (χ4n) is 1.33. The highest BCUT2D eigenvalue weighted by atomic mass is 16.5. The lowest BCUT2D eigenvalue weighted by molar-refractivity contribution is 0.111. The number of pyridine rings is 1. The molecule has 3 nitrogen and oxygen atoms in total. The quantitative estimate of drug-likeness (QED) is 0.650. The first kappa shape index (κ1) is 9.71. The number of aromatic nitrogens is 1. The molecule has 0 aliphatic rings. The molecule has 1 heterocycles. The fraction of sp³-hybridized carbons (Fsp3) is 0.400. The second-order valence-electron chi connectivity index (χ2n) is 2.97. The molecule has 70 valence electrons. The van der Waals surface area contributed by atoms with Crippen molar-refractivity contribution in [1.82, 2.24) is 4.98 Å². The summed E-state index contributed by atoms with van der Waals surface area (Å²) in [5.74, 6) is 0.639. The summed E-state index contributed by atoms with van der Waals surface area (Å²) in [6, 6.07) is 0. The van der Waals surface area contributed by atoms with Crippen molar-refractivity contribution >= 4 is 6.29 Å². The van der Waals surface area contributed by atoms with Gasteiger partial charge in [0.05, 0.1) is 18.4 Å². The molecule has 13 heavy (non-hydrogen) atoms. The molecule has 1 aromatic heterocycles. The van der Waals surface area contributed by atoms with Crippen LogP contribution < -0.4 is 4.74 Å². The van der Waals surface area contributed by atoms with Crippen LogP contribution in [0.25, 0.3) is 0 Å². The molecule has 0 saturated carbocycles. The molecule has 0 amide bonds. The van der Waals surface area contributed by atoms with Gasteiger partial charge < -0.3 is 4.74 Å². The van der Waals surface area contributed by atoms with Gasteiger partial charge >= 0.3 is 0 Å². The molecule has 1 aromatic rings. The maximum atomic E-state index is 10.8. The lowest BCUT2D eigenvalue weighted by Crippen LogP contribution is -2.02. The van der Waals surface area contributed by atoms with Crippen molar-refractivity contribution in [1.29, 1.82) is 0 Å². The minimum absolute atomic E-state index is 0.547. The standard InChI is InChI=1S/C10H13NO2/c1-6-7(2)11-8(3)9(5-12)10(6)13-4/h5H,1-4H3. The van der Waals surface area contributed by atoms with Gasteiger partial charge in [0.2, 0.25) is 0 Å². The number of methoxy groups -OCH3 is 1. The Morgan fingerprint density at radius 3 is 2.31 bits per heavy atom. The Labute approximate surface area is 77.8 Å². The molecule has 0 aliphatic heterocycles. The summed E-state index contributed by atoms with van der Waals surface area (Å²) in [6.07, 6.45) is 0.785. The minimum atomic E-state index is 0.547. The van der Waals surface area contributed by atoms with E-state index in [0.29, 0.717) is 11.3 Å². The predicted octanol–water partition coefficient (Wildman–Crippen LogP) is 1.83. The van der Waals surface area contributed by atoms with Gasteiger partial charge in [-0.1, -0.05) is 0 Å². The van der Waals surface area contributed by atoms with Gasteiger partial charge in [-0.2, -0.15) is 0 Å². The van der Waals surface area contributed by atoms with Gasteiger partial charge in [0, 0.05) is 11.3 Å². The third-order valence-electron chi connectivity index (χ3n) is 2.18. The molecule has 0 saturated heterocycles. The van der Waals surface area contributed by atoms with Gasteiger partial charge in [-0.25, -0.2) is 0 Å². The van der Waals surface area contributed by atoms with Crippen LogP contribution in [-0.2, 0) is 0 Å².